The molecular formula is C20H24N4O2. The average molecular weight is 352 g/mol. The fourth-order valence-electron chi connectivity index (χ4n) is 3.63. The Morgan fingerprint density at radius 3 is 2.73 bits per heavy atom. The van der Waals surface area contributed by atoms with Crippen LogP contribution in [0.25, 0.3) is 21.9 Å². The highest BCUT2D eigenvalue weighted by atomic mass is 16.5. The van der Waals surface area contributed by atoms with Crippen LogP contribution in [0.3, 0.4) is 0 Å². The smallest absolute Gasteiger partial charge is 0.162 e. The lowest BCUT2D eigenvalue weighted by molar-refractivity contribution is 0.356. The molecule has 1 aromatic carbocycles. The number of nitrogens with one attached hydrogen (secondary N) is 2. The predicted octanol–water partition coefficient (Wildman–Crippen LogP) is 4.43. The van der Waals surface area contributed by atoms with Crippen LogP contribution in [0.1, 0.15) is 32.1 Å². The molecule has 0 unspecified atom stereocenters. The number of ether oxygens (including phenoxy) is 2. The Labute approximate surface area is 152 Å². The fourth-order valence-corrected chi connectivity index (χ4v) is 3.63. The monoisotopic (exact) mass is 352 g/mol. The Kier molecular flexibility index (Phi) is 4.65. The molecule has 2 heterocycles. The number of allylic oxidation sites excluding steroid dienone is 1. The average Bonchev–Trinajstić information content (AvgIpc) is 3.06. The van der Waals surface area contributed by atoms with Gasteiger partial charge in [0.25, 0.3) is 0 Å². The van der Waals surface area contributed by atoms with Crippen molar-refractivity contribution in [1.82, 2.24) is 15.0 Å². The van der Waals surface area contributed by atoms with Gasteiger partial charge in [0, 0.05) is 18.0 Å². The second kappa shape index (κ2) is 7.23. The second-order valence-electron chi connectivity index (χ2n) is 6.61. The third-order valence-corrected chi connectivity index (χ3v) is 5.01. The summed E-state index contributed by atoms with van der Waals surface area (Å²) in [6.45, 7) is 0.875. The Balaban J connectivity index is 1.64. The number of H-pyrrole nitrogens is 1. The number of nitrogens with zero attached hydrogens (tertiary/aromatic N) is 2. The van der Waals surface area contributed by atoms with Crippen LogP contribution in [-0.4, -0.2) is 35.7 Å². The van der Waals surface area contributed by atoms with Gasteiger partial charge in [-0.05, 0) is 38.2 Å². The molecule has 0 radical (unpaired) electrons. The first-order valence-corrected chi connectivity index (χ1v) is 9.10. The highest BCUT2D eigenvalue weighted by Gasteiger charge is 2.14. The van der Waals surface area contributed by atoms with Crippen molar-refractivity contribution in [3.05, 3.63) is 30.1 Å². The highest BCUT2D eigenvalue weighted by Crippen LogP contribution is 2.36. The molecule has 1 aliphatic carbocycles. The van der Waals surface area contributed by atoms with Crippen LogP contribution in [0.5, 0.6) is 11.5 Å². The molecule has 6 heteroatoms. The summed E-state index contributed by atoms with van der Waals surface area (Å²) >= 11 is 0. The van der Waals surface area contributed by atoms with E-state index in [1.807, 2.05) is 12.1 Å². The van der Waals surface area contributed by atoms with Gasteiger partial charge < -0.3 is 19.8 Å². The van der Waals surface area contributed by atoms with Gasteiger partial charge in [-0.1, -0.05) is 11.6 Å². The summed E-state index contributed by atoms with van der Waals surface area (Å²) in [5.74, 6) is 2.22. The quantitative estimate of drug-likeness (QED) is 0.642. The number of aromatic nitrogens is 3. The molecular weight excluding hydrogens is 328 g/mol. The molecule has 2 aromatic heterocycles. The molecule has 0 bridgehead atoms. The maximum Gasteiger partial charge on any atom is 0.162 e. The van der Waals surface area contributed by atoms with Crippen molar-refractivity contribution in [3.8, 4) is 11.5 Å². The maximum absolute atomic E-state index is 5.42. The topological polar surface area (TPSA) is 72.1 Å². The number of aromatic amines is 1. The summed E-state index contributed by atoms with van der Waals surface area (Å²) in [4.78, 5) is 12.3. The first-order valence-electron chi connectivity index (χ1n) is 9.10. The molecule has 0 fully saturated rings. The van der Waals surface area contributed by atoms with E-state index in [4.69, 9.17) is 9.47 Å². The van der Waals surface area contributed by atoms with Crippen molar-refractivity contribution in [2.75, 3.05) is 26.1 Å². The number of hydrogen-bond acceptors (Lipinski definition) is 5. The van der Waals surface area contributed by atoms with Crippen molar-refractivity contribution in [3.63, 3.8) is 0 Å². The fraction of sp³-hybridized carbons (Fsp3) is 0.400. The van der Waals surface area contributed by atoms with Gasteiger partial charge in [-0.25, -0.2) is 9.97 Å². The Bertz CT molecular complexity index is 961. The molecule has 136 valence electrons. The van der Waals surface area contributed by atoms with Crippen molar-refractivity contribution >= 4 is 27.8 Å². The molecule has 0 spiro atoms. The van der Waals surface area contributed by atoms with Gasteiger partial charge in [-0.3, -0.25) is 0 Å². The van der Waals surface area contributed by atoms with Crippen LogP contribution < -0.4 is 14.8 Å². The molecule has 4 rings (SSSR count). The van der Waals surface area contributed by atoms with Gasteiger partial charge in [0.1, 0.15) is 17.4 Å². The lowest BCUT2D eigenvalue weighted by Crippen LogP contribution is -2.06. The third kappa shape index (κ3) is 3.07. The van der Waals surface area contributed by atoms with E-state index < -0.39 is 0 Å². The molecule has 2 N–H and O–H groups in total. The third-order valence-electron chi connectivity index (χ3n) is 5.01. The van der Waals surface area contributed by atoms with Crippen LogP contribution in [0.2, 0.25) is 0 Å². The van der Waals surface area contributed by atoms with Crippen molar-refractivity contribution in [2.45, 2.75) is 32.1 Å². The van der Waals surface area contributed by atoms with Gasteiger partial charge >= 0.3 is 0 Å². The normalized spacial score (nSPS) is 14.5. The lowest BCUT2D eigenvalue weighted by atomic mass is 9.97. The van der Waals surface area contributed by atoms with E-state index in [9.17, 15) is 0 Å². The molecule has 0 atom stereocenters. The van der Waals surface area contributed by atoms with E-state index in [0.29, 0.717) is 11.5 Å². The van der Waals surface area contributed by atoms with Crippen molar-refractivity contribution in [2.24, 2.45) is 0 Å². The summed E-state index contributed by atoms with van der Waals surface area (Å²) in [6.07, 6.45) is 10.1. The minimum Gasteiger partial charge on any atom is -0.493 e. The van der Waals surface area contributed by atoms with Gasteiger partial charge in [-0.15, -0.1) is 0 Å². The zero-order valence-corrected chi connectivity index (χ0v) is 15.3. The minimum absolute atomic E-state index is 0.693. The first-order chi connectivity index (χ1) is 12.8. The number of fused-ring (bicyclic) bond motifs is 3. The number of benzene rings is 1. The Morgan fingerprint density at radius 2 is 1.96 bits per heavy atom. The molecule has 0 saturated carbocycles. The number of anilines is 1. The zero-order valence-electron chi connectivity index (χ0n) is 15.3. The van der Waals surface area contributed by atoms with Crippen LogP contribution in [-0.2, 0) is 0 Å². The first kappa shape index (κ1) is 16.7. The van der Waals surface area contributed by atoms with Gasteiger partial charge in [0.15, 0.2) is 17.3 Å². The zero-order chi connectivity index (χ0) is 17.9. The predicted molar refractivity (Wildman–Crippen MR) is 104 cm³/mol. The van der Waals surface area contributed by atoms with Gasteiger partial charge in [-0.2, -0.15) is 0 Å². The van der Waals surface area contributed by atoms with Crippen LogP contribution in [0.4, 0.5) is 5.82 Å². The molecule has 3 aromatic rings. The van der Waals surface area contributed by atoms with E-state index in [-0.39, 0.29) is 0 Å². The lowest BCUT2D eigenvalue weighted by Gasteiger charge is -2.13. The minimum atomic E-state index is 0.693. The Hall–Kier alpha value is -2.76. The largest absolute Gasteiger partial charge is 0.493 e. The number of methoxy groups -OCH3 is 2. The second-order valence-corrected chi connectivity index (χ2v) is 6.61. The highest BCUT2D eigenvalue weighted by molar-refractivity contribution is 6.09. The van der Waals surface area contributed by atoms with Gasteiger partial charge in [0.05, 0.1) is 19.7 Å². The summed E-state index contributed by atoms with van der Waals surface area (Å²) in [5, 5.41) is 4.47. The summed E-state index contributed by atoms with van der Waals surface area (Å²) in [7, 11) is 3.28. The summed E-state index contributed by atoms with van der Waals surface area (Å²) in [6, 6.07) is 3.89. The molecule has 0 saturated heterocycles. The van der Waals surface area contributed by atoms with E-state index >= 15 is 0 Å². The molecule has 26 heavy (non-hydrogen) atoms. The van der Waals surface area contributed by atoms with Crippen LogP contribution in [0, 0.1) is 0 Å². The van der Waals surface area contributed by atoms with E-state index in [1.165, 1.54) is 25.7 Å². The Morgan fingerprint density at radius 1 is 1.12 bits per heavy atom. The van der Waals surface area contributed by atoms with E-state index in [1.54, 1.807) is 26.1 Å². The van der Waals surface area contributed by atoms with Crippen molar-refractivity contribution in [1.29, 1.82) is 0 Å². The molecule has 6 nitrogen and oxygen atoms in total. The van der Waals surface area contributed by atoms with Crippen molar-refractivity contribution < 1.29 is 9.47 Å². The van der Waals surface area contributed by atoms with E-state index in [0.717, 1.165) is 40.7 Å². The van der Waals surface area contributed by atoms with Crippen LogP contribution >= 0.6 is 0 Å². The molecule has 1 aliphatic rings. The summed E-state index contributed by atoms with van der Waals surface area (Å²) < 4.78 is 10.8. The maximum atomic E-state index is 5.42. The SMILES string of the molecule is COc1cc2[nH]c3c(NCCC4=CCCCC4)ncnc3c2cc1OC. The molecule has 0 aliphatic heterocycles. The standard InChI is InChI=1S/C20H24N4O2/c1-25-16-10-14-15(11-17(16)26-2)24-19-18(14)22-12-23-20(19)21-9-8-13-6-4-3-5-7-13/h6,10-12,24H,3-5,7-9H2,1-2H3,(H,21,22,23). The molecule has 0 amide bonds. The number of hydrogen-bond donors (Lipinski definition) is 2. The summed E-state index contributed by atoms with van der Waals surface area (Å²) in [5.41, 5.74) is 4.31. The number of rotatable bonds is 6. The van der Waals surface area contributed by atoms with E-state index in [2.05, 4.69) is 26.3 Å². The van der Waals surface area contributed by atoms with Crippen LogP contribution in [0.15, 0.2) is 30.1 Å². The van der Waals surface area contributed by atoms with Gasteiger partial charge in [0.2, 0.25) is 0 Å².